The maximum atomic E-state index is 12.5. The Bertz CT molecular complexity index is 1280. The Labute approximate surface area is 184 Å². The number of nitrogen functional groups attached to an aromatic ring is 1. The number of amides is 1. The summed E-state index contributed by atoms with van der Waals surface area (Å²) in [5, 5.41) is 2.91. The molecule has 0 radical (unpaired) electrons. The largest absolute Gasteiger partial charge is 0.472 e. The van der Waals surface area contributed by atoms with Crippen LogP contribution in [-0.2, 0) is 0 Å². The predicted octanol–water partition coefficient (Wildman–Crippen LogP) is 5.48. The molecule has 2 heterocycles. The summed E-state index contributed by atoms with van der Waals surface area (Å²) in [6.07, 6.45) is 6.59. The lowest BCUT2D eigenvalue weighted by Gasteiger charge is -2.23. The lowest BCUT2D eigenvalue weighted by atomic mass is 10.2. The van der Waals surface area contributed by atoms with Crippen LogP contribution in [0.2, 0.25) is 0 Å². The Balaban J connectivity index is 1.45. The molecule has 0 saturated heterocycles. The minimum atomic E-state index is -0.198. The molecule has 0 spiro atoms. The molecule has 3 N–H and O–H groups in total. The van der Waals surface area contributed by atoms with Crippen molar-refractivity contribution in [2.45, 2.75) is 0 Å². The van der Waals surface area contributed by atoms with Crippen molar-refractivity contribution >= 4 is 34.5 Å². The van der Waals surface area contributed by atoms with Crippen molar-refractivity contribution in [3.05, 3.63) is 103 Å². The number of hydrogen-bond donors (Lipinski definition) is 2. The third kappa shape index (κ3) is 3.87. The molecule has 0 fully saturated rings. The maximum Gasteiger partial charge on any atom is 0.255 e. The van der Waals surface area contributed by atoms with Crippen LogP contribution in [0.3, 0.4) is 0 Å². The van der Waals surface area contributed by atoms with Gasteiger partial charge in [-0.3, -0.25) is 9.69 Å². The molecular weight excluding hydrogens is 402 g/mol. The molecule has 1 aromatic heterocycles. The first kappa shape index (κ1) is 19.3. The monoisotopic (exact) mass is 421 g/mol. The highest BCUT2D eigenvalue weighted by Crippen LogP contribution is 2.39. The number of hydrogen-bond acceptors (Lipinski definition) is 6. The molecule has 1 aliphatic heterocycles. The topological polar surface area (TPSA) is 97.3 Å². The van der Waals surface area contributed by atoms with Gasteiger partial charge in [0, 0.05) is 40.1 Å². The molecule has 3 aromatic rings. The third-order valence-electron chi connectivity index (χ3n) is 5.07. The van der Waals surface area contributed by atoms with Gasteiger partial charge in [0.15, 0.2) is 0 Å². The van der Waals surface area contributed by atoms with E-state index in [1.807, 2.05) is 47.4 Å². The summed E-state index contributed by atoms with van der Waals surface area (Å²) < 4.78 is 5.30. The lowest BCUT2D eigenvalue weighted by molar-refractivity contribution is 0.102. The summed E-state index contributed by atoms with van der Waals surface area (Å²) in [6, 6.07) is 22.3. The fourth-order valence-electron chi connectivity index (χ4n) is 3.49. The van der Waals surface area contributed by atoms with E-state index >= 15 is 0 Å². The minimum Gasteiger partial charge on any atom is -0.472 e. The first-order valence-corrected chi connectivity index (χ1v) is 9.96. The van der Waals surface area contributed by atoms with E-state index in [2.05, 4.69) is 21.4 Å². The molecule has 0 bridgehead atoms. The van der Waals surface area contributed by atoms with Gasteiger partial charge in [0.2, 0.25) is 0 Å². The van der Waals surface area contributed by atoms with E-state index in [0.29, 0.717) is 16.9 Å². The number of carbonyl (C=O) groups excluding carboxylic acids is 1. The van der Waals surface area contributed by atoms with Crippen molar-refractivity contribution < 1.29 is 9.21 Å². The van der Waals surface area contributed by atoms with Crippen LogP contribution in [0.4, 0.5) is 28.6 Å². The van der Waals surface area contributed by atoms with Gasteiger partial charge in [-0.2, -0.15) is 0 Å². The summed E-state index contributed by atoms with van der Waals surface area (Å²) >= 11 is 0. The second kappa shape index (κ2) is 8.23. The molecular formula is C25H19N5O2. The van der Waals surface area contributed by atoms with Crippen molar-refractivity contribution in [1.29, 1.82) is 0 Å². The van der Waals surface area contributed by atoms with Crippen LogP contribution < -0.4 is 16.0 Å². The van der Waals surface area contributed by atoms with E-state index in [9.17, 15) is 4.79 Å². The number of nitrogens with two attached hydrogens (primary N) is 1. The zero-order valence-electron chi connectivity index (χ0n) is 17.0. The Morgan fingerprint density at radius 2 is 1.69 bits per heavy atom. The third-order valence-corrected chi connectivity index (χ3v) is 5.07. The molecule has 7 heteroatoms. The van der Waals surface area contributed by atoms with Gasteiger partial charge in [0.05, 0.1) is 12.5 Å². The first-order valence-electron chi connectivity index (χ1n) is 9.96. The van der Waals surface area contributed by atoms with Crippen LogP contribution in [-0.4, -0.2) is 15.9 Å². The van der Waals surface area contributed by atoms with E-state index in [1.165, 1.54) is 6.33 Å². The van der Waals surface area contributed by atoms with Crippen LogP contribution in [0.5, 0.6) is 0 Å². The molecule has 0 atom stereocenters. The highest BCUT2D eigenvalue weighted by molar-refractivity contribution is 6.04. The molecule has 1 aliphatic carbocycles. The lowest BCUT2D eigenvalue weighted by Crippen LogP contribution is -2.13. The minimum absolute atomic E-state index is 0.198. The van der Waals surface area contributed by atoms with Gasteiger partial charge < -0.3 is 15.5 Å². The van der Waals surface area contributed by atoms with Crippen molar-refractivity contribution in [3.8, 4) is 11.1 Å². The van der Waals surface area contributed by atoms with Gasteiger partial charge >= 0.3 is 0 Å². The molecule has 2 aliphatic rings. The fourth-order valence-corrected chi connectivity index (χ4v) is 3.49. The standard InChI is InChI=1S/C25H19N5O2/c26-20-3-1-17(2-4-20)25(31)29-21-5-7-22(8-6-21)30(24-9-11-27-16-28-24)23-13-18-10-12-32-15-19(18)14-23/h1-16H,26H2,(H,29,31). The van der Waals surface area contributed by atoms with Gasteiger partial charge in [-0.25, -0.2) is 9.97 Å². The Kier molecular flexibility index (Phi) is 4.97. The molecule has 7 nitrogen and oxygen atoms in total. The second-order valence-corrected chi connectivity index (χ2v) is 7.21. The summed E-state index contributed by atoms with van der Waals surface area (Å²) in [5.74, 6) is 0.530. The van der Waals surface area contributed by atoms with Gasteiger partial charge in [-0.15, -0.1) is 0 Å². The SMILES string of the molecule is Nc1ccc(C(=O)Nc2ccc(N(c3cc4ccocc-4c3)c3ccncn3)cc2)cc1. The van der Waals surface area contributed by atoms with E-state index < -0.39 is 0 Å². The number of fused-ring (bicyclic) bond motifs is 1. The van der Waals surface area contributed by atoms with Crippen molar-refractivity contribution in [3.63, 3.8) is 0 Å². The molecule has 32 heavy (non-hydrogen) atoms. The summed E-state index contributed by atoms with van der Waals surface area (Å²) in [4.78, 5) is 23.0. The van der Waals surface area contributed by atoms with Crippen molar-refractivity contribution in [2.75, 3.05) is 16.0 Å². The number of nitrogens with zero attached hydrogens (tertiary/aromatic N) is 3. The molecule has 156 valence electrons. The molecule has 2 aromatic carbocycles. The summed E-state index contributed by atoms with van der Waals surface area (Å²) in [6.45, 7) is 0. The summed E-state index contributed by atoms with van der Waals surface area (Å²) in [5.41, 5.74) is 11.4. The number of anilines is 5. The fraction of sp³-hybridized carbons (Fsp3) is 0. The average molecular weight is 421 g/mol. The smallest absolute Gasteiger partial charge is 0.255 e. The van der Waals surface area contributed by atoms with Crippen LogP contribution in [0.25, 0.3) is 11.1 Å². The number of benzene rings is 2. The van der Waals surface area contributed by atoms with Crippen LogP contribution >= 0.6 is 0 Å². The highest BCUT2D eigenvalue weighted by Gasteiger charge is 2.18. The van der Waals surface area contributed by atoms with Crippen LogP contribution in [0, 0.1) is 0 Å². The van der Waals surface area contributed by atoms with E-state index in [0.717, 1.165) is 28.3 Å². The molecule has 1 amide bonds. The Hall–Kier alpha value is -4.65. The molecule has 0 saturated carbocycles. The Morgan fingerprint density at radius 1 is 0.906 bits per heavy atom. The molecule has 0 unspecified atom stereocenters. The van der Waals surface area contributed by atoms with Gasteiger partial charge in [0.25, 0.3) is 5.91 Å². The van der Waals surface area contributed by atoms with E-state index in [1.54, 1.807) is 43.0 Å². The van der Waals surface area contributed by atoms with Gasteiger partial charge in [0.1, 0.15) is 12.1 Å². The number of nitrogens with one attached hydrogen (secondary N) is 1. The number of carbonyl (C=O) groups is 1. The van der Waals surface area contributed by atoms with Gasteiger partial charge in [-0.1, -0.05) is 0 Å². The van der Waals surface area contributed by atoms with E-state index in [4.69, 9.17) is 10.2 Å². The van der Waals surface area contributed by atoms with Crippen molar-refractivity contribution in [2.24, 2.45) is 0 Å². The highest BCUT2D eigenvalue weighted by atomic mass is 16.3. The number of aromatic nitrogens is 2. The zero-order chi connectivity index (χ0) is 21.9. The van der Waals surface area contributed by atoms with Crippen LogP contribution in [0.1, 0.15) is 10.4 Å². The first-order chi connectivity index (χ1) is 15.7. The van der Waals surface area contributed by atoms with Crippen molar-refractivity contribution in [1.82, 2.24) is 9.97 Å². The quantitative estimate of drug-likeness (QED) is 0.365. The Morgan fingerprint density at radius 3 is 2.41 bits per heavy atom. The van der Waals surface area contributed by atoms with E-state index in [-0.39, 0.29) is 5.91 Å². The maximum absolute atomic E-state index is 12.5. The summed E-state index contributed by atoms with van der Waals surface area (Å²) in [7, 11) is 0. The van der Waals surface area contributed by atoms with Crippen LogP contribution in [0.15, 0.2) is 102 Å². The molecule has 5 rings (SSSR count). The average Bonchev–Trinajstić information content (AvgIpc) is 3.25. The second-order valence-electron chi connectivity index (χ2n) is 7.21. The zero-order valence-corrected chi connectivity index (χ0v) is 17.0. The van der Waals surface area contributed by atoms with Gasteiger partial charge in [-0.05, 0) is 78.4 Å². The number of rotatable bonds is 5. The normalized spacial score (nSPS) is 10.8. The predicted molar refractivity (Wildman–Crippen MR) is 124 cm³/mol.